The number of imidazole rings is 1. The van der Waals surface area contributed by atoms with Crippen LogP contribution in [0.2, 0.25) is 0 Å². The minimum atomic E-state index is -4.76. The first kappa shape index (κ1) is 20.4. The predicted molar refractivity (Wildman–Crippen MR) is 109 cm³/mol. The van der Waals surface area contributed by atoms with Crippen LogP contribution in [-0.2, 0) is 6.18 Å². The zero-order valence-electron chi connectivity index (χ0n) is 17.0. The SMILES string of the molecule is CC1CN(c2ncnc3[nH]ncc23)CCC1c1ncc(-c2ccc(F)c(C(F)(F)F)c2)[nH]1. The Labute approximate surface area is 179 Å². The lowest BCUT2D eigenvalue weighted by atomic mass is 9.86. The molecule has 2 N–H and O–H groups in total. The molecular formula is C21H19F4N7. The standard InChI is InChI=1S/C21H19F4N7/c1-11-9-32(20-14-7-29-31-19(14)27-10-28-20)5-4-13(11)18-26-8-17(30-18)12-2-3-16(22)15(6-12)21(23,24)25/h2-3,6-8,10-11,13H,4-5,9H2,1H3,(H,26,30)(H,27,28,29,31). The maximum atomic E-state index is 13.6. The first-order valence-corrected chi connectivity index (χ1v) is 10.1. The molecule has 0 saturated carbocycles. The summed E-state index contributed by atoms with van der Waals surface area (Å²) >= 11 is 0. The second-order valence-corrected chi connectivity index (χ2v) is 8.02. The van der Waals surface area contributed by atoms with Gasteiger partial charge in [0.15, 0.2) is 5.65 Å². The van der Waals surface area contributed by atoms with Crippen LogP contribution in [0.25, 0.3) is 22.3 Å². The van der Waals surface area contributed by atoms with E-state index in [1.807, 2.05) is 0 Å². The first-order chi connectivity index (χ1) is 15.3. The molecule has 11 heteroatoms. The average Bonchev–Trinajstić information content (AvgIpc) is 3.43. The number of halogens is 4. The van der Waals surface area contributed by atoms with Gasteiger partial charge in [-0.3, -0.25) is 5.10 Å². The molecule has 1 aliphatic rings. The highest BCUT2D eigenvalue weighted by Gasteiger charge is 2.35. The normalized spacial score (nSPS) is 19.6. The summed E-state index contributed by atoms with van der Waals surface area (Å²) in [4.78, 5) is 18.4. The number of H-pyrrole nitrogens is 2. The van der Waals surface area contributed by atoms with Crippen LogP contribution in [0.3, 0.4) is 0 Å². The molecule has 0 radical (unpaired) electrons. The number of benzene rings is 1. The van der Waals surface area contributed by atoms with E-state index in [2.05, 4.69) is 42.0 Å². The second kappa shape index (κ2) is 7.57. The van der Waals surface area contributed by atoms with Crippen LogP contribution < -0.4 is 4.90 Å². The largest absolute Gasteiger partial charge is 0.419 e. The fourth-order valence-corrected chi connectivity index (χ4v) is 4.33. The Morgan fingerprint density at radius 1 is 1.12 bits per heavy atom. The Hall–Kier alpha value is -3.50. The van der Waals surface area contributed by atoms with E-state index >= 15 is 0 Å². The molecule has 0 spiro atoms. The summed E-state index contributed by atoms with van der Waals surface area (Å²) in [6.07, 6.45) is 0.739. The van der Waals surface area contributed by atoms with Gasteiger partial charge in [-0.15, -0.1) is 0 Å². The number of piperidine rings is 1. The number of aromatic amines is 2. The van der Waals surface area contributed by atoms with Crippen molar-refractivity contribution in [2.75, 3.05) is 18.0 Å². The summed E-state index contributed by atoms with van der Waals surface area (Å²) in [5, 5.41) is 7.73. The topological polar surface area (TPSA) is 86.4 Å². The van der Waals surface area contributed by atoms with Gasteiger partial charge in [0.25, 0.3) is 0 Å². The molecule has 1 saturated heterocycles. The van der Waals surface area contributed by atoms with Gasteiger partial charge >= 0.3 is 6.18 Å². The molecule has 0 amide bonds. The van der Waals surface area contributed by atoms with Crippen molar-refractivity contribution >= 4 is 16.9 Å². The van der Waals surface area contributed by atoms with Crippen molar-refractivity contribution in [1.82, 2.24) is 30.1 Å². The van der Waals surface area contributed by atoms with E-state index in [4.69, 9.17) is 0 Å². The van der Waals surface area contributed by atoms with Crippen LogP contribution in [-0.4, -0.2) is 43.2 Å². The van der Waals surface area contributed by atoms with Gasteiger partial charge in [0.1, 0.15) is 23.8 Å². The van der Waals surface area contributed by atoms with Gasteiger partial charge < -0.3 is 9.88 Å². The minimum Gasteiger partial charge on any atom is -0.356 e. The second-order valence-electron chi connectivity index (χ2n) is 8.02. The monoisotopic (exact) mass is 445 g/mol. The summed E-state index contributed by atoms with van der Waals surface area (Å²) < 4.78 is 52.8. The highest BCUT2D eigenvalue weighted by Crippen LogP contribution is 2.37. The molecular weight excluding hydrogens is 426 g/mol. The van der Waals surface area contributed by atoms with Crippen LogP contribution in [0.4, 0.5) is 23.4 Å². The molecule has 0 bridgehead atoms. The molecule has 0 aliphatic carbocycles. The third-order valence-electron chi connectivity index (χ3n) is 5.96. The van der Waals surface area contributed by atoms with E-state index in [-0.39, 0.29) is 17.4 Å². The highest BCUT2D eigenvalue weighted by molar-refractivity contribution is 5.86. The quantitative estimate of drug-likeness (QED) is 0.453. The third-order valence-corrected chi connectivity index (χ3v) is 5.96. The van der Waals surface area contributed by atoms with E-state index in [9.17, 15) is 17.6 Å². The third kappa shape index (κ3) is 3.57. The van der Waals surface area contributed by atoms with Crippen molar-refractivity contribution < 1.29 is 17.6 Å². The van der Waals surface area contributed by atoms with Gasteiger partial charge in [0.05, 0.1) is 29.0 Å². The zero-order valence-corrected chi connectivity index (χ0v) is 17.0. The molecule has 7 nitrogen and oxygen atoms in total. The number of hydrogen-bond donors (Lipinski definition) is 2. The molecule has 1 aromatic carbocycles. The number of rotatable bonds is 3. The number of aromatic nitrogens is 6. The van der Waals surface area contributed by atoms with Gasteiger partial charge in [-0.25, -0.2) is 19.3 Å². The van der Waals surface area contributed by atoms with Crippen molar-refractivity contribution in [3.63, 3.8) is 0 Å². The molecule has 32 heavy (non-hydrogen) atoms. The van der Waals surface area contributed by atoms with E-state index in [1.165, 1.54) is 18.6 Å². The van der Waals surface area contributed by atoms with Crippen molar-refractivity contribution in [2.45, 2.75) is 25.4 Å². The Balaban J connectivity index is 1.36. The Morgan fingerprint density at radius 2 is 1.97 bits per heavy atom. The van der Waals surface area contributed by atoms with Gasteiger partial charge in [0.2, 0.25) is 0 Å². The van der Waals surface area contributed by atoms with Gasteiger partial charge in [-0.05, 0) is 30.5 Å². The Bertz CT molecular complexity index is 1260. The van der Waals surface area contributed by atoms with Gasteiger partial charge in [-0.1, -0.05) is 6.92 Å². The van der Waals surface area contributed by atoms with E-state index in [1.54, 1.807) is 6.20 Å². The summed E-state index contributed by atoms with van der Waals surface area (Å²) in [5.74, 6) is 0.544. The summed E-state index contributed by atoms with van der Waals surface area (Å²) in [6.45, 7) is 3.57. The predicted octanol–water partition coefficient (Wildman–Crippen LogP) is 4.53. The first-order valence-electron chi connectivity index (χ1n) is 10.1. The van der Waals surface area contributed by atoms with E-state index in [0.29, 0.717) is 17.2 Å². The molecule has 2 unspecified atom stereocenters. The van der Waals surface area contributed by atoms with Crippen LogP contribution in [0.15, 0.2) is 36.9 Å². The molecule has 2 atom stereocenters. The molecule has 3 aromatic heterocycles. The Morgan fingerprint density at radius 3 is 2.75 bits per heavy atom. The number of nitrogens with one attached hydrogen (secondary N) is 2. The number of hydrogen-bond acceptors (Lipinski definition) is 5. The highest BCUT2D eigenvalue weighted by atomic mass is 19.4. The van der Waals surface area contributed by atoms with Crippen molar-refractivity contribution in [2.24, 2.45) is 5.92 Å². The molecule has 4 heterocycles. The molecule has 166 valence electrons. The van der Waals surface area contributed by atoms with E-state index < -0.39 is 17.6 Å². The summed E-state index contributed by atoms with van der Waals surface area (Å²) in [6, 6.07) is 2.96. The molecule has 1 aliphatic heterocycles. The van der Waals surface area contributed by atoms with Gasteiger partial charge in [0, 0.05) is 24.6 Å². The fourth-order valence-electron chi connectivity index (χ4n) is 4.33. The molecule has 5 rings (SSSR count). The summed E-state index contributed by atoms with van der Waals surface area (Å²) in [7, 11) is 0. The maximum absolute atomic E-state index is 13.6. The van der Waals surface area contributed by atoms with Crippen molar-refractivity contribution in [3.8, 4) is 11.3 Å². The summed E-state index contributed by atoms with van der Waals surface area (Å²) in [5.41, 5.74) is 0.0585. The molecule has 4 aromatic rings. The van der Waals surface area contributed by atoms with Crippen LogP contribution in [0, 0.1) is 11.7 Å². The Kier molecular flexibility index (Phi) is 4.83. The average molecular weight is 445 g/mol. The van der Waals surface area contributed by atoms with Crippen LogP contribution in [0.5, 0.6) is 0 Å². The fraction of sp³-hybridized carbons (Fsp3) is 0.333. The van der Waals surface area contributed by atoms with Crippen LogP contribution in [0.1, 0.15) is 30.7 Å². The number of nitrogens with zero attached hydrogens (tertiary/aromatic N) is 5. The van der Waals surface area contributed by atoms with Crippen LogP contribution >= 0.6 is 0 Å². The van der Waals surface area contributed by atoms with Gasteiger partial charge in [-0.2, -0.15) is 18.3 Å². The molecule has 1 fully saturated rings. The lowest BCUT2D eigenvalue weighted by Crippen LogP contribution is -2.39. The van der Waals surface area contributed by atoms with Crippen molar-refractivity contribution in [3.05, 3.63) is 54.1 Å². The number of anilines is 1. The van der Waals surface area contributed by atoms with Crippen molar-refractivity contribution in [1.29, 1.82) is 0 Å². The zero-order chi connectivity index (χ0) is 22.5. The number of fused-ring (bicyclic) bond motifs is 1. The minimum absolute atomic E-state index is 0.101. The number of alkyl halides is 3. The lowest BCUT2D eigenvalue weighted by molar-refractivity contribution is -0.139. The smallest absolute Gasteiger partial charge is 0.356 e. The van der Waals surface area contributed by atoms with E-state index in [0.717, 1.165) is 42.8 Å². The lowest BCUT2D eigenvalue weighted by Gasteiger charge is -2.36. The maximum Gasteiger partial charge on any atom is 0.419 e.